The van der Waals surface area contributed by atoms with Crippen LogP contribution in [-0.2, 0) is 21.4 Å². The van der Waals surface area contributed by atoms with Crippen LogP contribution in [0.1, 0.15) is 31.7 Å². The second kappa shape index (κ2) is 8.67. The maximum absolute atomic E-state index is 12.3. The first-order chi connectivity index (χ1) is 11.8. The first kappa shape index (κ1) is 19.7. The van der Waals surface area contributed by atoms with Crippen LogP contribution in [0.25, 0.3) is 0 Å². The Morgan fingerprint density at radius 2 is 2.04 bits per heavy atom. The smallest absolute Gasteiger partial charge is 0.220 e. The van der Waals surface area contributed by atoms with Gasteiger partial charge in [0.05, 0.1) is 13.4 Å². The molecular weight excluding hydrogens is 340 g/mol. The standard InChI is InChI=1S/C18H28N2O4S/c1-4-14-13-20(25(3,22)23)10-9-15(14)11-18(21)19-12-16-7-5-6-8-17(16)24-2/h5-8,14-15H,4,9-13H2,1-3H3,(H,19,21). The summed E-state index contributed by atoms with van der Waals surface area (Å²) < 4.78 is 30.3. The summed E-state index contributed by atoms with van der Waals surface area (Å²) in [5.74, 6) is 1.21. The molecule has 6 nitrogen and oxygen atoms in total. The number of sulfonamides is 1. The second-order valence-corrected chi connectivity index (χ2v) is 8.61. The van der Waals surface area contributed by atoms with Crippen molar-refractivity contribution in [3.63, 3.8) is 0 Å². The topological polar surface area (TPSA) is 75.7 Å². The largest absolute Gasteiger partial charge is 0.496 e. The van der Waals surface area contributed by atoms with Crippen LogP contribution in [0.3, 0.4) is 0 Å². The Morgan fingerprint density at radius 3 is 2.68 bits per heavy atom. The number of hydrogen-bond donors (Lipinski definition) is 1. The van der Waals surface area contributed by atoms with Gasteiger partial charge < -0.3 is 10.1 Å². The summed E-state index contributed by atoms with van der Waals surface area (Å²) >= 11 is 0. The molecule has 25 heavy (non-hydrogen) atoms. The SMILES string of the molecule is CCC1CN(S(C)(=O)=O)CCC1CC(=O)NCc1ccccc1OC. The van der Waals surface area contributed by atoms with E-state index in [1.165, 1.54) is 10.6 Å². The van der Waals surface area contributed by atoms with Crippen LogP contribution in [0.15, 0.2) is 24.3 Å². The van der Waals surface area contributed by atoms with Crippen LogP contribution in [0.2, 0.25) is 0 Å². The van der Waals surface area contributed by atoms with Crippen molar-refractivity contribution in [2.75, 3.05) is 26.5 Å². The van der Waals surface area contributed by atoms with Gasteiger partial charge in [-0.2, -0.15) is 0 Å². The Morgan fingerprint density at radius 1 is 1.32 bits per heavy atom. The van der Waals surface area contributed by atoms with Crippen LogP contribution in [0, 0.1) is 11.8 Å². The van der Waals surface area contributed by atoms with E-state index in [-0.39, 0.29) is 17.7 Å². The van der Waals surface area contributed by atoms with Crippen molar-refractivity contribution < 1.29 is 17.9 Å². The highest BCUT2D eigenvalue weighted by molar-refractivity contribution is 7.88. The Bertz CT molecular complexity index is 690. The molecule has 1 aromatic carbocycles. The van der Waals surface area contributed by atoms with Crippen LogP contribution in [0.4, 0.5) is 0 Å². The number of piperidine rings is 1. The van der Waals surface area contributed by atoms with Gasteiger partial charge in [-0.1, -0.05) is 31.5 Å². The molecule has 0 radical (unpaired) electrons. The number of rotatable bonds is 7. The summed E-state index contributed by atoms with van der Waals surface area (Å²) in [5, 5.41) is 2.96. The third-order valence-corrected chi connectivity index (χ3v) is 6.23. The second-order valence-electron chi connectivity index (χ2n) is 6.63. The summed E-state index contributed by atoms with van der Waals surface area (Å²) in [6, 6.07) is 7.61. The lowest BCUT2D eigenvalue weighted by Crippen LogP contribution is -2.44. The van der Waals surface area contributed by atoms with Crippen molar-refractivity contribution in [1.29, 1.82) is 0 Å². The van der Waals surface area contributed by atoms with E-state index < -0.39 is 10.0 Å². The van der Waals surface area contributed by atoms with Gasteiger partial charge in [0.1, 0.15) is 5.75 Å². The van der Waals surface area contributed by atoms with Gasteiger partial charge in [-0.3, -0.25) is 4.79 Å². The molecule has 0 aliphatic carbocycles. The fourth-order valence-electron chi connectivity index (χ4n) is 3.43. The number of para-hydroxylation sites is 1. The van der Waals surface area contributed by atoms with Gasteiger partial charge in [0.25, 0.3) is 0 Å². The molecule has 0 aromatic heterocycles. The molecule has 2 unspecified atom stereocenters. The summed E-state index contributed by atoms with van der Waals surface area (Å²) in [7, 11) is -1.54. The molecule has 7 heteroatoms. The van der Waals surface area contributed by atoms with Gasteiger partial charge in [-0.25, -0.2) is 12.7 Å². The molecule has 1 aliphatic heterocycles. The van der Waals surface area contributed by atoms with Gasteiger partial charge in [0.2, 0.25) is 15.9 Å². The number of carbonyl (C=O) groups excluding carboxylic acids is 1. The Labute approximate surface area is 150 Å². The molecular formula is C18H28N2O4S. The van der Waals surface area contributed by atoms with Crippen molar-refractivity contribution in [2.45, 2.75) is 32.7 Å². The highest BCUT2D eigenvalue weighted by Crippen LogP contribution is 2.30. The zero-order valence-corrected chi connectivity index (χ0v) is 16.0. The van der Waals surface area contributed by atoms with Gasteiger partial charge >= 0.3 is 0 Å². The zero-order chi connectivity index (χ0) is 18.4. The fraction of sp³-hybridized carbons (Fsp3) is 0.611. The molecule has 1 amide bonds. The minimum Gasteiger partial charge on any atom is -0.496 e. The number of carbonyl (C=O) groups is 1. The van der Waals surface area contributed by atoms with Gasteiger partial charge in [0.15, 0.2) is 0 Å². The van der Waals surface area contributed by atoms with E-state index in [9.17, 15) is 13.2 Å². The predicted molar refractivity (Wildman–Crippen MR) is 97.8 cm³/mol. The van der Waals surface area contributed by atoms with Crippen LogP contribution >= 0.6 is 0 Å². The van der Waals surface area contributed by atoms with E-state index in [0.29, 0.717) is 26.1 Å². The van der Waals surface area contributed by atoms with Crippen molar-refractivity contribution in [3.8, 4) is 5.75 Å². The fourth-order valence-corrected chi connectivity index (χ4v) is 4.33. The van der Waals surface area contributed by atoms with E-state index in [0.717, 1.165) is 24.2 Å². The molecule has 1 N–H and O–H groups in total. The number of nitrogens with one attached hydrogen (secondary N) is 1. The molecule has 2 rings (SSSR count). The van der Waals surface area contributed by atoms with Gasteiger partial charge in [-0.15, -0.1) is 0 Å². The normalized spacial score (nSPS) is 21.7. The maximum Gasteiger partial charge on any atom is 0.220 e. The predicted octanol–water partition coefficient (Wildman–Crippen LogP) is 2.01. The number of ether oxygens (including phenoxy) is 1. The monoisotopic (exact) mass is 368 g/mol. The molecule has 140 valence electrons. The van der Waals surface area contributed by atoms with Crippen LogP contribution in [-0.4, -0.2) is 45.1 Å². The van der Waals surface area contributed by atoms with E-state index in [2.05, 4.69) is 12.2 Å². The number of benzene rings is 1. The van der Waals surface area contributed by atoms with Crippen molar-refractivity contribution in [2.24, 2.45) is 11.8 Å². The number of methoxy groups -OCH3 is 1. The number of amides is 1. The summed E-state index contributed by atoms with van der Waals surface area (Å²) in [5.41, 5.74) is 0.942. The molecule has 0 bridgehead atoms. The highest BCUT2D eigenvalue weighted by Gasteiger charge is 2.33. The van der Waals surface area contributed by atoms with Crippen molar-refractivity contribution in [1.82, 2.24) is 9.62 Å². The molecule has 1 heterocycles. The van der Waals surface area contributed by atoms with Gasteiger partial charge in [0, 0.05) is 31.6 Å². The summed E-state index contributed by atoms with van der Waals surface area (Å²) in [6.45, 7) is 3.50. The number of nitrogens with zero attached hydrogens (tertiary/aromatic N) is 1. The Balaban J connectivity index is 1.89. The maximum atomic E-state index is 12.3. The minimum atomic E-state index is -3.16. The van der Waals surface area contributed by atoms with E-state index in [1.807, 2.05) is 24.3 Å². The summed E-state index contributed by atoms with van der Waals surface area (Å²) in [6.07, 6.45) is 3.29. The van der Waals surface area contributed by atoms with Crippen LogP contribution < -0.4 is 10.1 Å². The minimum absolute atomic E-state index is 0.00200. The molecule has 1 fully saturated rings. The quantitative estimate of drug-likeness (QED) is 0.799. The van der Waals surface area contributed by atoms with Crippen molar-refractivity contribution in [3.05, 3.63) is 29.8 Å². The van der Waals surface area contributed by atoms with Crippen molar-refractivity contribution >= 4 is 15.9 Å². The molecule has 1 aromatic rings. The average Bonchev–Trinajstić information content (AvgIpc) is 2.59. The lowest BCUT2D eigenvalue weighted by atomic mass is 9.82. The van der Waals surface area contributed by atoms with Crippen LogP contribution in [0.5, 0.6) is 5.75 Å². The third-order valence-electron chi connectivity index (χ3n) is 4.96. The first-order valence-corrected chi connectivity index (χ1v) is 10.5. The molecule has 2 atom stereocenters. The highest BCUT2D eigenvalue weighted by atomic mass is 32.2. The number of hydrogen-bond acceptors (Lipinski definition) is 4. The Kier molecular flexibility index (Phi) is 6.84. The molecule has 0 saturated carbocycles. The lowest BCUT2D eigenvalue weighted by molar-refractivity contribution is -0.122. The molecule has 0 spiro atoms. The van der Waals surface area contributed by atoms with E-state index in [4.69, 9.17) is 4.74 Å². The van der Waals surface area contributed by atoms with E-state index in [1.54, 1.807) is 7.11 Å². The van der Waals surface area contributed by atoms with Gasteiger partial charge in [-0.05, 0) is 24.3 Å². The molecule has 1 aliphatic rings. The molecule has 1 saturated heterocycles. The zero-order valence-electron chi connectivity index (χ0n) is 15.2. The summed E-state index contributed by atoms with van der Waals surface area (Å²) in [4.78, 5) is 12.3. The average molecular weight is 368 g/mol. The Hall–Kier alpha value is -1.60. The third kappa shape index (κ3) is 5.44. The lowest BCUT2D eigenvalue weighted by Gasteiger charge is -2.36. The first-order valence-electron chi connectivity index (χ1n) is 8.68. The van der Waals surface area contributed by atoms with E-state index >= 15 is 0 Å².